The van der Waals surface area contributed by atoms with E-state index in [0.717, 1.165) is 0 Å². The van der Waals surface area contributed by atoms with Crippen molar-refractivity contribution >= 4 is 0 Å². The van der Waals surface area contributed by atoms with Crippen molar-refractivity contribution in [2.75, 3.05) is 19.6 Å². The van der Waals surface area contributed by atoms with E-state index in [9.17, 15) is 0 Å². The van der Waals surface area contributed by atoms with Crippen LogP contribution in [0.3, 0.4) is 0 Å². The highest BCUT2D eigenvalue weighted by molar-refractivity contribution is 5.51. The van der Waals surface area contributed by atoms with E-state index in [1.54, 1.807) is 18.2 Å². The molecule has 0 aromatic heterocycles. The van der Waals surface area contributed by atoms with Crippen LogP contribution in [0, 0.1) is 35.5 Å². The van der Waals surface area contributed by atoms with Crippen LogP contribution in [0.5, 0.6) is 0 Å². The van der Waals surface area contributed by atoms with E-state index >= 15 is 0 Å². The first-order valence-corrected chi connectivity index (χ1v) is 6.44. The van der Waals surface area contributed by atoms with Gasteiger partial charge in [-0.3, -0.25) is 0 Å². The Balaban J connectivity index is 3.14. The highest BCUT2D eigenvalue weighted by atomic mass is 15.1. The van der Waals surface area contributed by atoms with Crippen LogP contribution in [0.4, 0.5) is 0 Å². The molecule has 0 aliphatic heterocycles. The van der Waals surface area contributed by atoms with E-state index in [4.69, 9.17) is 16.6 Å². The first kappa shape index (κ1) is 17.9. The van der Waals surface area contributed by atoms with Gasteiger partial charge < -0.3 is 0 Å². The summed E-state index contributed by atoms with van der Waals surface area (Å²) < 4.78 is 0. The summed E-state index contributed by atoms with van der Waals surface area (Å²) in [6.07, 6.45) is 0. The largest absolute Gasteiger partial charge is 0.0919 e. The van der Waals surface area contributed by atoms with E-state index in [0.29, 0.717) is 16.7 Å². The Labute approximate surface area is 137 Å². The quantitative estimate of drug-likeness (QED) is 0.346. The van der Waals surface area contributed by atoms with Gasteiger partial charge in [-0.25, -0.2) is 0 Å². The topological polar surface area (TPSA) is 146 Å². The molecule has 24 heavy (non-hydrogen) atoms. The van der Waals surface area contributed by atoms with Gasteiger partial charge in [-0.1, -0.05) is 50.9 Å². The summed E-state index contributed by atoms with van der Waals surface area (Å²) in [6, 6.07) is 5.22. The molecule has 0 radical (unpaired) electrons. The Kier molecular flexibility index (Phi) is 8.56. The molecule has 0 heterocycles. The molecule has 0 aliphatic rings. The minimum absolute atomic E-state index is 0.0567. The summed E-state index contributed by atoms with van der Waals surface area (Å²) in [4.78, 5) is 7.85. The maximum Gasteiger partial charge on any atom is 0.0880 e. The third kappa shape index (κ3) is 7.57. The molecule has 1 aromatic rings. The zero-order valence-electron chi connectivity index (χ0n) is 12.4. The highest BCUT2D eigenvalue weighted by Crippen LogP contribution is 2.08. The molecule has 0 spiro atoms. The van der Waals surface area contributed by atoms with Gasteiger partial charge in [0.15, 0.2) is 0 Å². The second-order valence-electron chi connectivity index (χ2n) is 3.87. The molecule has 0 unspecified atom stereocenters. The van der Waals surface area contributed by atoms with E-state index in [1.807, 2.05) is 0 Å². The van der Waals surface area contributed by atoms with Crippen molar-refractivity contribution in [1.29, 1.82) is 0 Å². The molecule has 0 atom stereocenters. The van der Waals surface area contributed by atoms with Gasteiger partial charge in [-0.15, -0.1) is 0 Å². The summed E-state index contributed by atoms with van der Waals surface area (Å²) in [5, 5.41) is 9.99. The van der Waals surface area contributed by atoms with Crippen LogP contribution in [0.15, 0.2) is 33.5 Å². The first-order chi connectivity index (χ1) is 11.8. The molecular weight excluding hydrogens is 306 g/mol. The summed E-state index contributed by atoms with van der Waals surface area (Å²) in [6.45, 7) is 0.170. The molecule has 0 amide bonds. The van der Waals surface area contributed by atoms with E-state index in [2.05, 4.69) is 65.6 Å². The predicted molar refractivity (Wildman–Crippen MR) is 89.1 cm³/mol. The van der Waals surface area contributed by atoms with Gasteiger partial charge in [-0.05, 0) is 34.8 Å². The first-order valence-electron chi connectivity index (χ1n) is 6.44. The van der Waals surface area contributed by atoms with Crippen LogP contribution in [-0.4, -0.2) is 19.6 Å². The number of benzene rings is 1. The Bertz CT molecular complexity index is 788. The van der Waals surface area contributed by atoms with Gasteiger partial charge in [0.2, 0.25) is 0 Å². The summed E-state index contributed by atoms with van der Waals surface area (Å²) in [5.41, 5.74) is 26.6. The van der Waals surface area contributed by atoms with Gasteiger partial charge in [-0.2, -0.15) is 0 Å². The molecule has 114 valence electrons. The third-order valence-electron chi connectivity index (χ3n) is 2.27. The van der Waals surface area contributed by atoms with Gasteiger partial charge in [0, 0.05) is 31.4 Å². The molecule has 1 aromatic carbocycles. The third-order valence-corrected chi connectivity index (χ3v) is 2.27. The van der Waals surface area contributed by atoms with Crippen molar-refractivity contribution in [2.24, 2.45) is 15.3 Å². The fourth-order valence-corrected chi connectivity index (χ4v) is 1.47. The zero-order valence-corrected chi connectivity index (χ0v) is 12.4. The molecule has 0 saturated carbocycles. The number of nitrogens with zero attached hydrogens (tertiary/aromatic N) is 9. The van der Waals surface area contributed by atoms with Gasteiger partial charge in [0.1, 0.15) is 0 Å². The molecule has 0 bridgehead atoms. The Hall–Kier alpha value is -4.17. The van der Waals surface area contributed by atoms with Gasteiger partial charge in [0.25, 0.3) is 0 Å². The van der Waals surface area contributed by atoms with Crippen molar-refractivity contribution in [2.45, 2.75) is 0 Å². The second-order valence-corrected chi connectivity index (χ2v) is 3.87. The maximum atomic E-state index is 8.22. The van der Waals surface area contributed by atoms with Crippen molar-refractivity contribution in [3.8, 4) is 35.5 Å². The van der Waals surface area contributed by atoms with Crippen LogP contribution in [0.25, 0.3) is 31.3 Å². The SMILES string of the molecule is [N-]=[N+]=NCC#Cc1cc(C#CCN=[N+]=[N-])cc(C#CCN=[N+]=[N-])c1. The molecule has 0 N–H and O–H groups in total. The van der Waals surface area contributed by atoms with Crippen molar-refractivity contribution in [3.05, 3.63) is 66.2 Å². The number of hydrogen-bond acceptors (Lipinski definition) is 3. The van der Waals surface area contributed by atoms with Crippen LogP contribution >= 0.6 is 0 Å². The standard InChI is InChI=1S/C15H9N9/c16-22-19-7-1-4-13-10-14(5-2-8-20-23-17)12-15(11-13)6-3-9-21-24-18/h10-12H,7-9H2. The van der Waals surface area contributed by atoms with Gasteiger partial charge >= 0.3 is 0 Å². The molecule has 0 fully saturated rings. The summed E-state index contributed by atoms with van der Waals surface area (Å²) in [5.74, 6) is 16.7. The molecule has 0 saturated heterocycles. The summed E-state index contributed by atoms with van der Waals surface area (Å²) >= 11 is 0. The smallest absolute Gasteiger partial charge is 0.0880 e. The Morgan fingerprint density at radius 2 is 0.917 bits per heavy atom. The average Bonchev–Trinajstić information content (AvgIpc) is 2.59. The van der Waals surface area contributed by atoms with Crippen LogP contribution in [0.2, 0.25) is 0 Å². The summed E-state index contributed by atoms with van der Waals surface area (Å²) in [7, 11) is 0. The number of azide groups is 3. The highest BCUT2D eigenvalue weighted by Gasteiger charge is 1.96. The lowest BCUT2D eigenvalue weighted by atomic mass is 10.1. The maximum absolute atomic E-state index is 8.22. The lowest BCUT2D eigenvalue weighted by Crippen LogP contribution is -1.85. The molecular formula is C15H9N9. The number of rotatable bonds is 3. The van der Waals surface area contributed by atoms with Crippen molar-refractivity contribution < 1.29 is 0 Å². The molecule has 0 aliphatic carbocycles. The van der Waals surface area contributed by atoms with Crippen molar-refractivity contribution in [1.82, 2.24) is 0 Å². The van der Waals surface area contributed by atoms with Crippen LogP contribution < -0.4 is 0 Å². The molecule has 1 rings (SSSR count). The Morgan fingerprint density at radius 3 is 1.17 bits per heavy atom. The van der Waals surface area contributed by atoms with Crippen molar-refractivity contribution in [3.63, 3.8) is 0 Å². The van der Waals surface area contributed by atoms with Gasteiger partial charge in [0.05, 0.1) is 19.6 Å². The molecule has 9 heteroatoms. The lowest BCUT2D eigenvalue weighted by molar-refractivity contribution is 1.25. The minimum atomic E-state index is 0.0567. The van der Waals surface area contributed by atoms with E-state index in [1.165, 1.54) is 0 Å². The van der Waals surface area contributed by atoms with Crippen LogP contribution in [-0.2, 0) is 0 Å². The van der Waals surface area contributed by atoms with E-state index < -0.39 is 0 Å². The minimum Gasteiger partial charge on any atom is -0.0919 e. The Morgan fingerprint density at radius 1 is 0.625 bits per heavy atom. The normalized spacial score (nSPS) is 7.50. The average molecular weight is 315 g/mol. The van der Waals surface area contributed by atoms with Crippen LogP contribution in [0.1, 0.15) is 16.7 Å². The number of hydrogen-bond donors (Lipinski definition) is 0. The fraction of sp³-hybridized carbons (Fsp3) is 0.200. The fourth-order valence-electron chi connectivity index (χ4n) is 1.47. The zero-order chi connectivity index (χ0) is 17.5. The second kappa shape index (κ2) is 11.5. The lowest BCUT2D eigenvalue weighted by Gasteiger charge is -1.97. The molecule has 9 nitrogen and oxygen atoms in total. The predicted octanol–water partition coefficient (Wildman–Crippen LogP) is 3.67. The monoisotopic (exact) mass is 315 g/mol. The van der Waals surface area contributed by atoms with E-state index in [-0.39, 0.29) is 19.6 Å².